The average Bonchev–Trinajstić information content (AvgIpc) is 2.10. The van der Waals surface area contributed by atoms with Crippen molar-refractivity contribution < 1.29 is 16.8 Å². The molecule has 0 aromatic heterocycles. The molecule has 0 saturated heterocycles. The molecule has 0 spiro atoms. The van der Waals surface area contributed by atoms with Gasteiger partial charge in [-0.1, -0.05) is 0 Å². The summed E-state index contributed by atoms with van der Waals surface area (Å²) in [5.41, 5.74) is 0. The second-order valence-corrected chi connectivity index (χ2v) is 4.79. The maximum absolute atomic E-state index is 10.8. The predicted molar refractivity (Wildman–Crippen MR) is 52.7 cm³/mol. The van der Waals surface area contributed by atoms with Gasteiger partial charge in [0.2, 0.25) is 0 Å². The predicted octanol–water partition coefficient (Wildman–Crippen LogP) is -0.504. The first-order valence-corrected chi connectivity index (χ1v) is 6.37. The highest BCUT2D eigenvalue weighted by Crippen LogP contribution is 1.89. The molecule has 0 aliphatic rings. The van der Waals surface area contributed by atoms with Gasteiger partial charge in [-0.05, 0) is 7.05 Å². The van der Waals surface area contributed by atoms with Crippen molar-refractivity contribution in [1.29, 1.82) is 0 Å². The van der Waals surface area contributed by atoms with E-state index in [2.05, 4.69) is 4.18 Å². The van der Waals surface area contributed by atoms with Gasteiger partial charge in [0, 0.05) is 12.8 Å². The third kappa shape index (κ3) is 8.51. The Morgan fingerprint density at radius 1 is 1.38 bits per heavy atom. The summed E-state index contributed by atoms with van der Waals surface area (Å²) in [7, 11) is 3.19. The SMILES string of the molecule is COS(=O)CCN(C)COS(C)=O. The highest BCUT2D eigenvalue weighted by Gasteiger charge is 2.02. The van der Waals surface area contributed by atoms with Crippen LogP contribution in [0.1, 0.15) is 0 Å². The van der Waals surface area contributed by atoms with Crippen LogP contribution in [0.3, 0.4) is 0 Å². The van der Waals surface area contributed by atoms with E-state index in [1.165, 1.54) is 13.4 Å². The molecule has 0 amide bonds. The number of rotatable bonds is 7. The third-order valence-electron chi connectivity index (χ3n) is 1.26. The Morgan fingerprint density at radius 2 is 2.00 bits per heavy atom. The van der Waals surface area contributed by atoms with Gasteiger partial charge in [-0.15, -0.1) is 0 Å². The standard InChI is InChI=1S/C6H15NO4S2/c1-7(6-11-12(3)8)4-5-13(9)10-2/h4-6H2,1-3H3. The van der Waals surface area contributed by atoms with Crippen LogP contribution in [-0.2, 0) is 30.5 Å². The Labute approximate surface area is 83.7 Å². The second-order valence-electron chi connectivity index (χ2n) is 2.40. The zero-order valence-electron chi connectivity index (χ0n) is 8.02. The number of hydrogen-bond donors (Lipinski definition) is 0. The Bertz CT molecular complexity index is 187. The summed E-state index contributed by atoms with van der Waals surface area (Å²) in [6.07, 6.45) is 1.46. The summed E-state index contributed by atoms with van der Waals surface area (Å²) in [5.74, 6) is 0.423. The minimum atomic E-state index is -1.25. The zero-order valence-corrected chi connectivity index (χ0v) is 9.65. The lowest BCUT2D eigenvalue weighted by molar-refractivity contribution is 0.176. The van der Waals surface area contributed by atoms with Gasteiger partial charge in [0.05, 0.1) is 12.9 Å². The van der Waals surface area contributed by atoms with Crippen LogP contribution >= 0.6 is 0 Å². The van der Waals surface area contributed by atoms with Crippen molar-refractivity contribution in [2.75, 3.05) is 39.4 Å². The Balaban J connectivity index is 3.45. The largest absolute Gasteiger partial charge is 0.294 e. The lowest BCUT2D eigenvalue weighted by Crippen LogP contribution is -2.26. The first-order chi connectivity index (χ1) is 6.06. The van der Waals surface area contributed by atoms with Crippen molar-refractivity contribution in [2.24, 2.45) is 0 Å². The van der Waals surface area contributed by atoms with E-state index in [-0.39, 0.29) is 6.73 Å². The number of nitrogens with zero attached hydrogens (tertiary/aromatic N) is 1. The van der Waals surface area contributed by atoms with E-state index < -0.39 is 22.2 Å². The Hall–Kier alpha value is 0.180. The van der Waals surface area contributed by atoms with Crippen molar-refractivity contribution in [2.45, 2.75) is 0 Å². The highest BCUT2D eigenvalue weighted by molar-refractivity contribution is 7.80. The molecule has 0 aromatic carbocycles. The number of hydrogen-bond acceptors (Lipinski definition) is 5. The third-order valence-corrected chi connectivity index (χ3v) is 2.59. The molecule has 5 nitrogen and oxygen atoms in total. The second kappa shape index (κ2) is 7.57. The van der Waals surface area contributed by atoms with Crippen molar-refractivity contribution in [3.8, 4) is 0 Å². The molecule has 0 bridgehead atoms. The fourth-order valence-electron chi connectivity index (χ4n) is 0.542. The lowest BCUT2D eigenvalue weighted by atomic mass is 10.7. The summed E-state index contributed by atoms with van der Waals surface area (Å²) in [6.45, 7) is 0.849. The van der Waals surface area contributed by atoms with Crippen molar-refractivity contribution in [3.05, 3.63) is 0 Å². The fourth-order valence-corrected chi connectivity index (χ4v) is 1.50. The molecular formula is C6H15NO4S2. The van der Waals surface area contributed by atoms with Gasteiger partial charge in [-0.2, -0.15) is 0 Å². The van der Waals surface area contributed by atoms with Crippen LogP contribution < -0.4 is 0 Å². The lowest BCUT2D eigenvalue weighted by Gasteiger charge is -2.14. The molecule has 0 saturated carbocycles. The van der Waals surface area contributed by atoms with E-state index in [1.54, 1.807) is 11.9 Å². The van der Waals surface area contributed by atoms with Crippen LogP contribution in [0.4, 0.5) is 0 Å². The summed E-state index contributed by atoms with van der Waals surface area (Å²) in [4.78, 5) is 1.78. The van der Waals surface area contributed by atoms with E-state index in [0.717, 1.165) is 0 Å². The van der Waals surface area contributed by atoms with E-state index in [1.807, 2.05) is 0 Å². The summed E-state index contributed by atoms with van der Waals surface area (Å²) < 4.78 is 30.7. The molecule has 80 valence electrons. The highest BCUT2D eigenvalue weighted by atomic mass is 32.2. The first-order valence-electron chi connectivity index (χ1n) is 3.64. The molecule has 0 rings (SSSR count). The van der Waals surface area contributed by atoms with Crippen LogP contribution in [0.25, 0.3) is 0 Å². The van der Waals surface area contributed by atoms with E-state index >= 15 is 0 Å². The maximum Gasteiger partial charge on any atom is 0.156 e. The molecule has 2 unspecified atom stereocenters. The Kier molecular flexibility index (Phi) is 7.68. The molecule has 0 aromatic rings. The molecular weight excluding hydrogens is 214 g/mol. The summed E-state index contributed by atoms with van der Waals surface area (Å²) >= 11 is -2.49. The Morgan fingerprint density at radius 3 is 2.46 bits per heavy atom. The molecule has 0 aliphatic carbocycles. The fraction of sp³-hybridized carbons (Fsp3) is 1.00. The normalized spacial score (nSPS) is 16.0. The van der Waals surface area contributed by atoms with Gasteiger partial charge in [0.25, 0.3) is 0 Å². The minimum absolute atomic E-state index is 0.268. The van der Waals surface area contributed by atoms with E-state index in [9.17, 15) is 8.42 Å². The van der Waals surface area contributed by atoms with Gasteiger partial charge in [0.15, 0.2) is 22.2 Å². The van der Waals surface area contributed by atoms with Gasteiger partial charge >= 0.3 is 0 Å². The van der Waals surface area contributed by atoms with Gasteiger partial charge < -0.3 is 0 Å². The molecule has 0 fully saturated rings. The molecule has 0 N–H and O–H groups in total. The van der Waals surface area contributed by atoms with Gasteiger partial charge in [0.1, 0.15) is 6.73 Å². The van der Waals surface area contributed by atoms with Crippen molar-refractivity contribution in [1.82, 2.24) is 4.90 Å². The van der Waals surface area contributed by atoms with Crippen LogP contribution in [-0.4, -0.2) is 52.8 Å². The average molecular weight is 229 g/mol. The molecule has 13 heavy (non-hydrogen) atoms. The summed E-state index contributed by atoms with van der Waals surface area (Å²) in [6, 6.07) is 0. The quantitative estimate of drug-likeness (QED) is 0.551. The zero-order chi connectivity index (χ0) is 10.3. The molecule has 0 radical (unpaired) electrons. The minimum Gasteiger partial charge on any atom is -0.294 e. The summed E-state index contributed by atoms with van der Waals surface area (Å²) in [5, 5.41) is 0. The van der Waals surface area contributed by atoms with E-state index in [0.29, 0.717) is 12.3 Å². The van der Waals surface area contributed by atoms with Crippen molar-refractivity contribution >= 4 is 22.2 Å². The molecule has 2 atom stereocenters. The first kappa shape index (κ1) is 13.2. The van der Waals surface area contributed by atoms with Crippen LogP contribution in [0.15, 0.2) is 0 Å². The van der Waals surface area contributed by atoms with Gasteiger partial charge in [-0.25, -0.2) is 8.42 Å². The molecule has 0 aliphatic heterocycles. The monoisotopic (exact) mass is 229 g/mol. The van der Waals surface area contributed by atoms with Crippen LogP contribution in [0.5, 0.6) is 0 Å². The topological polar surface area (TPSA) is 55.8 Å². The van der Waals surface area contributed by atoms with Crippen molar-refractivity contribution in [3.63, 3.8) is 0 Å². The van der Waals surface area contributed by atoms with Gasteiger partial charge in [-0.3, -0.25) is 13.3 Å². The smallest absolute Gasteiger partial charge is 0.156 e. The molecule has 7 heteroatoms. The van der Waals surface area contributed by atoms with E-state index in [4.69, 9.17) is 4.18 Å². The van der Waals surface area contributed by atoms with Crippen LogP contribution in [0.2, 0.25) is 0 Å². The molecule has 0 heterocycles. The maximum atomic E-state index is 10.8. The van der Waals surface area contributed by atoms with Crippen LogP contribution in [0, 0.1) is 0 Å².